The first-order valence-electron chi connectivity index (χ1n) is 7.84. The van der Waals surface area contributed by atoms with Crippen LogP contribution in [0.3, 0.4) is 0 Å². The first kappa shape index (κ1) is 14.5. The number of H-pyrrole nitrogens is 1. The highest BCUT2D eigenvalue weighted by Crippen LogP contribution is 2.28. The molecule has 0 saturated heterocycles. The summed E-state index contributed by atoms with van der Waals surface area (Å²) in [5.74, 6) is 1.67. The van der Waals surface area contributed by atoms with Crippen molar-refractivity contribution in [2.24, 2.45) is 0 Å². The van der Waals surface area contributed by atoms with E-state index in [1.807, 2.05) is 24.3 Å². The van der Waals surface area contributed by atoms with Crippen molar-refractivity contribution in [2.45, 2.75) is 13.5 Å². The van der Waals surface area contributed by atoms with Crippen molar-refractivity contribution in [3.8, 4) is 5.75 Å². The second kappa shape index (κ2) is 5.85. The number of nitrogens with one attached hydrogen (secondary N) is 2. The fraction of sp³-hybridized carbons (Fsp3) is 0.158. The molecule has 0 amide bonds. The monoisotopic (exact) mass is 318 g/mol. The lowest BCUT2D eigenvalue weighted by molar-refractivity contribution is 0.414. The van der Waals surface area contributed by atoms with Crippen LogP contribution in [0.5, 0.6) is 5.75 Å². The molecule has 4 rings (SSSR count). The zero-order valence-electron chi connectivity index (χ0n) is 13.6. The molecule has 0 fully saturated rings. The van der Waals surface area contributed by atoms with Crippen molar-refractivity contribution in [1.29, 1.82) is 0 Å². The average Bonchev–Trinajstić information content (AvgIpc) is 2.99. The summed E-state index contributed by atoms with van der Waals surface area (Å²) < 4.78 is 5.19. The molecule has 0 aliphatic heterocycles. The van der Waals surface area contributed by atoms with Crippen molar-refractivity contribution in [3.63, 3.8) is 0 Å². The number of benzene rings is 2. The molecule has 0 atom stereocenters. The maximum atomic E-state index is 5.19. The molecule has 0 saturated carbocycles. The van der Waals surface area contributed by atoms with Crippen LogP contribution in [-0.2, 0) is 6.54 Å². The van der Waals surface area contributed by atoms with E-state index in [-0.39, 0.29) is 0 Å². The van der Waals surface area contributed by atoms with Crippen LogP contribution in [0, 0.1) is 6.92 Å². The summed E-state index contributed by atoms with van der Waals surface area (Å²) in [6.07, 6.45) is 1.61. The third kappa shape index (κ3) is 2.54. The number of aromatic nitrogens is 3. The molecule has 2 N–H and O–H groups in total. The van der Waals surface area contributed by atoms with Gasteiger partial charge >= 0.3 is 0 Å². The number of anilines is 1. The third-order valence-corrected chi connectivity index (χ3v) is 4.16. The second-order valence-electron chi connectivity index (χ2n) is 5.82. The smallest absolute Gasteiger partial charge is 0.154 e. The van der Waals surface area contributed by atoms with Gasteiger partial charge in [-0.05, 0) is 36.8 Å². The van der Waals surface area contributed by atoms with Gasteiger partial charge in [-0.1, -0.05) is 23.8 Å². The molecule has 0 bridgehead atoms. The van der Waals surface area contributed by atoms with Crippen LogP contribution in [0.1, 0.15) is 11.1 Å². The van der Waals surface area contributed by atoms with Gasteiger partial charge in [-0.3, -0.25) is 0 Å². The molecule has 0 spiro atoms. The SMILES string of the molecule is COc1ccc(CNc2ncnc3c2[nH]c2ccc(C)cc23)cc1. The van der Waals surface area contributed by atoms with Gasteiger partial charge in [-0.15, -0.1) is 0 Å². The van der Waals surface area contributed by atoms with Gasteiger partial charge < -0.3 is 15.0 Å². The van der Waals surface area contributed by atoms with Gasteiger partial charge in [0.2, 0.25) is 0 Å². The highest BCUT2D eigenvalue weighted by atomic mass is 16.5. The lowest BCUT2D eigenvalue weighted by Gasteiger charge is -2.07. The molecule has 2 aromatic heterocycles. The maximum Gasteiger partial charge on any atom is 0.154 e. The van der Waals surface area contributed by atoms with Crippen molar-refractivity contribution in [2.75, 3.05) is 12.4 Å². The van der Waals surface area contributed by atoms with Gasteiger partial charge in [0.05, 0.1) is 7.11 Å². The van der Waals surface area contributed by atoms with E-state index in [4.69, 9.17) is 4.74 Å². The van der Waals surface area contributed by atoms with Gasteiger partial charge in [0, 0.05) is 17.4 Å². The quantitative estimate of drug-likeness (QED) is 0.596. The number of nitrogens with zero attached hydrogens (tertiary/aromatic N) is 2. The molecular formula is C19H18N4O. The number of ether oxygens (including phenoxy) is 1. The number of hydrogen-bond acceptors (Lipinski definition) is 4. The van der Waals surface area contributed by atoms with E-state index in [0.717, 1.165) is 39.1 Å². The van der Waals surface area contributed by atoms with Gasteiger partial charge in [-0.2, -0.15) is 0 Å². The predicted molar refractivity (Wildman–Crippen MR) is 96.5 cm³/mol. The Morgan fingerprint density at radius 1 is 1.08 bits per heavy atom. The van der Waals surface area contributed by atoms with Gasteiger partial charge in [0.15, 0.2) is 5.82 Å². The van der Waals surface area contributed by atoms with Crippen molar-refractivity contribution < 1.29 is 4.74 Å². The first-order chi connectivity index (χ1) is 11.7. The third-order valence-electron chi connectivity index (χ3n) is 4.16. The minimum atomic E-state index is 0.685. The molecule has 0 radical (unpaired) electrons. The summed E-state index contributed by atoms with van der Waals surface area (Å²) in [4.78, 5) is 12.3. The van der Waals surface area contributed by atoms with E-state index in [1.165, 1.54) is 5.56 Å². The zero-order chi connectivity index (χ0) is 16.5. The Morgan fingerprint density at radius 2 is 1.92 bits per heavy atom. The second-order valence-corrected chi connectivity index (χ2v) is 5.82. The lowest BCUT2D eigenvalue weighted by atomic mass is 10.1. The Bertz CT molecular complexity index is 1010. The van der Waals surface area contributed by atoms with Crippen molar-refractivity contribution in [3.05, 3.63) is 59.9 Å². The Labute approximate surface area is 139 Å². The minimum absolute atomic E-state index is 0.685. The first-order valence-corrected chi connectivity index (χ1v) is 7.84. The molecule has 2 aromatic carbocycles. The molecule has 5 heteroatoms. The van der Waals surface area contributed by atoms with Crippen LogP contribution >= 0.6 is 0 Å². The molecular weight excluding hydrogens is 300 g/mol. The van der Waals surface area contributed by atoms with E-state index in [1.54, 1.807) is 13.4 Å². The zero-order valence-corrected chi connectivity index (χ0v) is 13.6. The van der Waals surface area contributed by atoms with Crippen LogP contribution in [0.25, 0.3) is 21.9 Å². The molecule has 5 nitrogen and oxygen atoms in total. The van der Waals surface area contributed by atoms with Gasteiger partial charge in [-0.25, -0.2) is 9.97 Å². The van der Waals surface area contributed by atoms with Crippen molar-refractivity contribution in [1.82, 2.24) is 15.0 Å². The highest BCUT2D eigenvalue weighted by Gasteiger charge is 2.10. The standard InChI is InChI=1S/C19H18N4O/c1-12-3-8-16-15(9-12)17-18(23-16)19(22-11-21-17)20-10-13-4-6-14(24-2)7-5-13/h3-9,11,23H,10H2,1-2H3,(H,20,21,22). The molecule has 0 aliphatic rings. The molecule has 0 unspecified atom stereocenters. The van der Waals surface area contributed by atoms with Crippen LogP contribution in [-0.4, -0.2) is 22.1 Å². The Hall–Kier alpha value is -3.08. The van der Waals surface area contributed by atoms with Crippen LogP contribution in [0.4, 0.5) is 5.82 Å². The molecule has 0 aliphatic carbocycles. The van der Waals surface area contributed by atoms with E-state index >= 15 is 0 Å². The number of fused-ring (bicyclic) bond motifs is 3. The van der Waals surface area contributed by atoms with Crippen LogP contribution in [0.15, 0.2) is 48.8 Å². The van der Waals surface area contributed by atoms with Crippen LogP contribution < -0.4 is 10.1 Å². The summed E-state index contributed by atoms with van der Waals surface area (Å²) in [5.41, 5.74) is 5.33. The van der Waals surface area contributed by atoms with E-state index in [0.29, 0.717) is 6.54 Å². The molecule has 24 heavy (non-hydrogen) atoms. The number of hydrogen-bond donors (Lipinski definition) is 2. The number of methoxy groups -OCH3 is 1. The summed E-state index contributed by atoms with van der Waals surface area (Å²) >= 11 is 0. The minimum Gasteiger partial charge on any atom is -0.497 e. The summed E-state index contributed by atoms with van der Waals surface area (Å²) in [6, 6.07) is 14.3. The van der Waals surface area contributed by atoms with Gasteiger partial charge in [0.25, 0.3) is 0 Å². The van der Waals surface area contributed by atoms with E-state index in [2.05, 4.69) is 45.4 Å². The topological polar surface area (TPSA) is 62.8 Å². The maximum absolute atomic E-state index is 5.19. The summed E-state index contributed by atoms with van der Waals surface area (Å²) in [6.45, 7) is 2.77. The number of aromatic amines is 1. The molecule has 2 heterocycles. The Kier molecular flexibility index (Phi) is 3.54. The largest absolute Gasteiger partial charge is 0.497 e. The van der Waals surface area contributed by atoms with E-state index < -0.39 is 0 Å². The molecule has 4 aromatic rings. The highest BCUT2D eigenvalue weighted by molar-refractivity contribution is 6.08. The van der Waals surface area contributed by atoms with Gasteiger partial charge in [0.1, 0.15) is 23.1 Å². The average molecular weight is 318 g/mol. The number of aryl methyl sites for hydroxylation is 1. The molecule has 120 valence electrons. The fourth-order valence-corrected chi connectivity index (χ4v) is 2.87. The Balaban J connectivity index is 1.67. The predicted octanol–water partition coefficient (Wildman–Crippen LogP) is 4.04. The summed E-state index contributed by atoms with van der Waals surface area (Å²) in [7, 11) is 1.67. The summed E-state index contributed by atoms with van der Waals surface area (Å²) in [5, 5.41) is 4.52. The van der Waals surface area contributed by atoms with Crippen molar-refractivity contribution >= 4 is 27.8 Å². The van der Waals surface area contributed by atoms with E-state index in [9.17, 15) is 0 Å². The number of rotatable bonds is 4. The fourth-order valence-electron chi connectivity index (χ4n) is 2.87. The van der Waals surface area contributed by atoms with Crippen LogP contribution in [0.2, 0.25) is 0 Å². The normalized spacial score (nSPS) is 11.1. The lowest BCUT2D eigenvalue weighted by Crippen LogP contribution is -2.02. The Morgan fingerprint density at radius 3 is 2.71 bits per heavy atom.